The van der Waals surface area contributed by atoms with Crippen molar-refractivity contribution in [3.8, 4) is 0 Å². The van der Waals surface area contributed by atoms with Crippen LogP contribution >= 0.6 is 0 Å². The summed E-state index contributed by atoms with van der Waals surface area (Å²) in [5.41, 5.74) is 0.683. The average Bonchev–Trinajstić information content (AvgIpc) is 2.54. The molecule has 0 saturated carbocycles. The van der Waals surface area contributed by atoms with E-state index >= 15 is 0 Å². The molecule has 0 aromatic heterocycles. The van der Waals surface area contributed by atoms with E-state index in [-0.39, 0.29) is 13.2 Å². The highest BCUT2D eigenvalue weighted by Crippen LogP contribution is 2.42. The van der Waals surface area contributed by atoms with Gasteiger partial charge in [0, 0.05) is 12.2 Å². The van der Waals surface area contributed by atoms with Crippen molar-refractivity contribution in [3.05, 3.63) is 33.9 Å². The maximum absolute atomic E-state index is 12.2. The Bertz CT molecular complexity index is 533. The fraction of sp³-hybridized carbons (Fsp3) is 0.500. The van der Waals surface area contributed by atoms with E-state index in [0.717, 1.165) is 0 Å². The Kier molecular flexibility index (Phi) is 3.49. The molecule has 0 fully saturated rings. The predicted octanol–water partition coefficient (Wildman–Crippen LogP) is 0.00282. The van der Waals surface area contributed by atoms with E-state index in [1.165, 1.54) is 13.0 Å². The van der Waals surface area contributed by atoms with E-state index in [2.05, 4.69) is 0 Å². The first-order valence-electron chi connectivity index (χ1n) is 6.18. The molecule has 19 heavy (non-hydrogen) atoms. The number of benzene rings is 1. The van der Waals surface area contributed by atoms with Gasteiger partial charge in [-0.3, -0.25) is 4.79 Å². The quantitative estimate of drug-likeness (QED) is 0.617. The van der Waals surface area contributed by atoms with Crippen molar-refractivity contribution in [3.63, 3.8) is 0 Å². The highest BCUT2D eigenvalue weighted by molar-refractivity contribution is 6.08. The fourth-order valence-electron chi connectivity index (χ4n) is 2.75. The lowest BCUT2D eigenvalue weighted by Crippen LogP contribution is -2.35. The Morgan fingerprint density at radius 1 is 1.37 bits per heavy atom. The zero-order chi connectivity index (χ0) is 14.4. The van der Waals surface area contributed by atoms with Crippen LogP contribution in [0.3, 0.4) is 0 Å². The lowest BCUT2D eigenvalue weighted by molar-refractivity contribution is -0.0321. The number of carbonyl (C=O) groups is 1. The Labute approximate surface area is 111 Å². The first-order valence-corrected chi connectivity index (χ1v) is 6.18. The van der Waals surface area contributed by atoms with Crippen molar-refractivity contribution in [1.29, 1.82) is 0 Å². The zero-order valence-electron chi connectivity index (χ0n) is 11.0. The van der Waals surface area contributed by atoms with Gasteiger partial charge in [-0.1, -0.05) is 0 Å². The van der Waals surface area contributed by atoms with E-state index in [9.17, 15) is 20.1 Å². The van der Waals surface area contributed by atoms with Crippen molar-refractivity contribution < 1.29 is 25.2 Å². The SMILES string of the molecule is Cc1c(CCO)c(CO)cc2c1C(=O)C(C)(O)C2O. The molecular formula is C14H18O5. The second-order valence-electron chi connectivity index (χ2n) is 5.11. The Hall–Kier alpha value is -1.27. The first-order chi connectivity index (χ1) is 8.86. The van der Waals surface area contributed by atoms with Gasteiger partial charge in [-0.15, -0.1) is 0 Å². The molecule has 0 aliphatic heterocycles. The van der Waals surface area contributed by atoms with Crippen molar-refractivity contribution in [2.24, 2.45) is 0 Å². The summed E-state index contributed by atoms with van der Waals surface area (Å²) in [5.74, 6) is -0.517. The molecular weight excluding hydrogens is 248 g/mol. The third-order valence-electron chi connectivity index (χ3n) is 3.88. The molecule has 2 unspecified atom stereocenters. The molecule has 0 radical (unpaired) electrons. The molecule has 0 bridgehead atoms. The zero-order valence-corrected chi connectivity index (χ0v) is 11.0. The fourth-order valence-corrected chi connectivity index (χ4v) is 2.75. The van der Waals surface area contributed by atoms with Gasteiger partial charge in [0.25, 0.3) is 0 Å². The molecule has 1 aromatic rings. The van der Waals surface area contributed by atoms with E-state index in [0.29, 0.717) is 34.2 Å². The molecule has 5 nitrogen and oxygen atoms in total. The van der Waals surface area contributed by atoms with Crippen LogP contribution in [0, 0.1) is 6.92 Å². The van der Waals surface area contributed by atoms with Crippen molar-refractivity contribution in [2.45, 2.75) is 38.6 Å². The minimum atomic E-state index is -1.84. The molecule has 1 aromatic carbocycles. The third kappa shape index (κ3) is 1.90. The molecule has 1 aliphatic rings. The summed E-state index contributed by atoms with van der Waals surface area (Å²) in [6, 6.07) is 1.54. The van der Waals surface area contributed by atoms with E-state index in [1.807, 2.05) is 0 Å². The predicted molar refractivity (Wildman–Crippen MR) is 67.8 cm³/mol. The van der Waals surface area contributed by atoms with E-state index in [4.69, 9.17) is 5.11 Å². The maximum Gasteiger partial charge on any atom is 0.197 e. The lowest BCUT2D eigenvalue weighted by atomic mass is 9.91. The summed E-state index contributed by atoms with van der Waals surface area (Å²) in [5, 5.41) is 38.5. The van der Waals surface area contributed by atoms with Crippen LogP contribution in [0.15, 0.2) is 6.07 Å². The van der Waals surface area contributed by atoms with Crippen LogP contribution < -0.4 is 0 Å². The minimum absolute atomic E-state index is 0.0975. The molecule has 0 saturated heterocycles. The van der Waals surface area contributed by atoms with Crippen molar-refractivity contribution in [2.75, 3.05) is 6.61 Å². The number of carbonyl (C=O) groups excluding carboxylic acids is 1. The van der Waals surface area contributed by atoms with Crippen molar-refractivity contribution in [1.82, 2.24) is 0 Å². The van der Waals surface area contributed by atoms with Crippen LogP contribution in [-0.2, 0) is 13.0 Å². The van der Waals surface area contributed by atoms with E-state index in [1.54, 1.807) is 6.92 Å². The number of hydrogen-bond donors (Lipinski definition) is 4. The largest absolute Gasteiger partial charge is 0.396 e. The summed E-state index contributed by atoms with van der Waals surface area (Å²) < 4.78 is 0. The molecule has 2 atom stereocenters. The van der Waals surface area contributed by atoms with Gasteiger partial charge in [-0.2, -0.15) is 0 Å². The minimum Gasteiger partial charge on any atom is -0.396 e. The molecule has 5 heteroatoms. The Morgan fingerprint density at radius 3 is 2.53 bits per heavy atom. The third-order valence-corrected chi connectivity index (χ3v) is 3.88. The smallest absolute Gasteiger partial charge is 0.197 e. The number of hydrogen-bond acceptors (Lipinski definition) is 5. The maximum atomic E-state index is 12.2. The van der Waals surface area contributed by atoms with Crippen LogP contribution in [0.25, 0.3) is 0 Å². The number of rotatable bonds is 3. The second-order valence-corrected chi connectivity index (χ2v) is 5.11. The van der Waals surface area contributed by atoms with Gasteiger partial charge < -0.3 is 20.4 Å². The molecule has 4 N–H and O–H groups in total. The lowest BCUT2D eigenvalue weighted by Gasteiger charge is -2.19. The topological polar surface area (TPSA) is 98.0 Å². The monoisotopic (exact) mass is 266 g/mol. The summed E-state index contributed by atoms with van der Waals surface area (Å²) in [4.78, 5) is 12.2. The van der Waals surface area contributed by atoms with Crippen molar-refractivity contribution >= 4 is 5.78 Å². The standard InChI is InChI=1S/C14H18O5/c1-7-9(3-4-15)8(6-16)5-10-11(7)13(18)14(2,19)12(10)17/h5,12,15-17,19H,3-4,6H2,1-2H3. The van der Waals surface area contributed by atoms with Gasteiger partial charge in [0.15, 0.2) is 11.4 Å². The highest BCUT2D eigenvalue weighted by Gasteiger charge is 2.49. The van der Waals surface area contributed by atoms with Crippen LogP contribution in [0.2, 0.25) is 0 Å². The normalized spacial score (nSPS) is 25.8. The molecule has 104 valence electrons. The second kappa shape index (κ2) is 4.68. The van der Waals surface area contributed by atoms with Gasteiger partial charge in [-0.25, -0.2) is 0 Å². The molecule has 2 rings (SSSR count). The summed E-state index contributed by atoms with van der Waals surface area (Å²) >= 11 is 0. The molecule has 1 aliphatic carbocycles. The molecule has 0 spiro atoms. The van der Waals surface area contributed by atoms with Crippen LogP contribution in [0.4, 0.5) is 0 Å². The van der Waals surface area contributed by atoms with Gasteiger partial charge in [0.05, 0.1) is 6.61 Å². The Balaban J connectivity index is 2.70. The highest BCUT2D eigenvalue weighted by atomic mass is 16.4. The van der Waals surface area contributed by atoms with Crippen LogP contribution in [-0.4, -0.2) is 38.4 Å². The summed E-state index contributed by atoms with van der Waals surface area (Å²) in [6.45, 7) is 2.64. The van der Waals surface area contributed by atoms with Crippen LogP contribution in [0.5, 0.6) is 0 Å². The first kappa shape index (κ1) is 14.1. The summed E-state index contributed by atoms with van der Waals surface area (Å²) in [6.07, 6.45) is -0.970. The number of Topliss-reactive ketones (excluding diaryl/α,β-unsaturated/α-hetero) is 1. The number of aliphatic hydroxyl groups excluding tert-OH is 3. The number of aliphatic hydroxyl groups is 4. The Morgan fingerprint density at radius 2 is 2.00 bits per heavy atom. The number of fused-ring (bicyclic) bond motifs is 1. The summed E-state index contributed by atoms with van der Waals surface area (Å²) in [7, 11) is 0. The van der Waals surface area contributed by atoms with Gasteiger partial charge >= 0.3 is 0 Å². The van der Waals surface area contributed by atoms with Gasteiger partial charge in [0.2, 0.25) is 0 Å². The van der Waals surface area contributed by atoms with E-state index < -0.39 is 17.5 Å². The van der Waals surface area contributed by atoms with Gasteiger partial charge in [0.1, 0.15) is 6.10 Å². The molecule has 0 heterocycles. The average molecular weight is 266 g/mol. The number of ketones is 1. The van der Waals surface area contributed by atoms with Gasteiger partial charge in [-0.05, 0) is 48.6 Å². The van der Waals surface area contributed by atoms with Crippen LogP contribution in [0.1, 0.15) is 45.6 Å². The molecule has 0 amide bonds.